The lowest BCUT2D eigenvalue weighted by atomic mass is 9.73. The number of carbonyl (C=O) groups is 1. The first-order valence-corrected chi connectivity index (χ1v) is 11.2. The molecule has 0 radical (unpaired) electrons. The van der Waals surface area contributed by atoms with E-state index in [1.54, 1.807) is 12.4 Å². The Hall–Kier alpha value is -3.02. The van der Waals surface area contributed by atoms with E-state index in [1.165, 1.54) is 18.4 Å². The van der Waals surface area contributed by atoms with Crippen LogP contribution in [-0.4, -0.2) is 39.0 Å². The highest BCUT2D eigenvalue weighted by Crippen LogP contribution is 2.46. The molecular formula is C25H28N4O2. The molecule has 5 rings (SSSR count). The molecule has 0 atom stereocenters. The van der Waals surface area contributed by atoms with E-state index in [9.17, 15) is 4.79 Å². The molecular weight excluding hydrogens is 388 g/mol. The maximum Gasteiger partial charge on any atom is 0.258 e. The second-order valence-corrected chi connectivity index (χ2v) is 9.07. The molecule has 160 valence electrons. The maximum absolute atomic E-state index is 13.0. The van der Waals surface area contributed by atoms with E-state index < -0.39 is 0 Å². The normalized spacial score (nSPS) is 18.2. The molecule has 1 saturated heterocycles. The Bertz CT molecular complexity index is 1050. The minimum atomic E-state index is -0.102. The van der Waals surface area contributed by atoms with Crippen LogP contribution < -0.4 is 0 Å². The van der Waals surface area contributed by atoms with Gasteiger partial charge in [0.1, 0.15) is 0 Å². The van der Waals surface area contributed by atoms with Gasteiger partial charge < -0.3 is 9.42 Å². The first kappa shape index (κ1) is 19.9. The van der Waals surface area contributed by atoms with Gasteiger partial charge in [0.2, 0.25) is 5.91 Å². The smallest absolute Gasteiger partial charge is 0.258 e. The van der Waals surface area contributed by atoms with Crippen molar-refractivity contribution in [3.63, 3.8) is 0 Å². The largest absolute Gasteiger partial charge is 0.342 e. The molecule has 1 aliphatic carbocycles. The highest BCUT2D eigenvalue weighted by molar-refractivity contribution is 5.79. The average Bonchev–Trinajstić information content (AvgIpc) is 3.46. The first-order valence-electron chi connectivity index (χ1n) is 11.2. The summed E-state index contributed by atoms with van der Waals surface area (Å²) in [6, 6.07) is 11.9. The zero-order valence-corrected chi connectivity index (χ0v) is 18.0. The fourth-order valence-electron chi connectivity index (χ4n) is 4.71. The van der Waals surface area contributed by atoms with Crippen LogP contribution in [0, 0.1) is 12.8 Å². The van der Waals surface area contributed by atoms with Crippen molar-refractivity contribution in [3.8, 4) is 11.5 Å². The third-order valence-corrected chi connectivity index (χ3v) is 6.88. The standard InChI is InChI=1S/C25H28N4O2/c1-18-4-2-3-5-21(18)16-22(30)29-14-10-25(11-15-29,17-19-6-7-19)24-27-23(31-28-24)20-8-12-26-13-9-20/h2-5,8-9,12-13,19H,6-7,10-11,14-17H2,1H3. The molecule has 0 bridgehead atoms. The molecule has 0 unspecified atom stereocenters. The number of aromatic nitrogens is 3. The number of hydrogen-bond acceptors (Lipinski definition) is 5. The van der Waals surface area contributed by atoms with E-state index in [0.29, 0.717) is 12.3 Å². The molecule has 2 fully saturated rings. The third kappa shape index (κ3) is 4.24. The Morgan fingerprint density at radius 2 is 1.87 bits per heavy atom. The first-order chi connectivity index (χ1) is 15.1. The van der Waals surface area contributed by atoms with Gasteiger partial charge in [-0.3, -0.25) is 9.78 Å². The quantitative estimate of drug-likeness (QED) is 0.598. The van der Waals surface area contributed by atoms with Crippen LogP contribution in [0.25, 0.3) is 11.5 Å². The Balaban J connectivity index is 1.31. The van der Waals surface area contributed by atoms with Crippen LogP contribution in [0.3, 0.4) is 0 Å². The minimum Gasteiger partial charge on any atom is -0.342 e. The number of benzene rings is 1. The predicted molar refractivity (Wildman–Crippen MR) is 117 cm³/mol. The summed E-state index contributed by atoms with van der Waals surface area (Å²) in [5, 5.41) is 4.41. The van der Waals surface area contributed by atoms with Crippen LogP contribution in [0.1, 0.15) is 49.1 Å². The van der Waals surface area contributed by atoms with Crippen LogP contribution in [0.15, 0.2) is 53.3 Å². The van der Waals surface area contributed by atoms with Crippen molar-refractivity contribution in [2.75, 3.05) is 13.1 Å². The summed E-state index contributed by atoms with van der Waals surface area (Å²) in [5.74, 6) is 2.31. The summed E-state index contributed by atoms with van der Waals surface area (Å²) in [7, 11) is 0. The molecule has 6 nitrogen and oxygen atoms in total. The van der Waals surface area contributed by atoms with Crippen LogP contribution in [0.5, 0.6) is 0 Å². The van der Waals surface area contributed by atoms with Crippen LogP contribution in [-0.2, 0) is 16.6 Å². The van der Waals surface area contributed by atoms with E-state index in [0.717, 1.165) is 55.2 Å². The lowest BCUT2D eigenvalue weighted by Crippen LogP contribution is -2.46. The zero-order chi connectivity index (χ0) is 21.3. The molecule has 3 aromatic rings. The van der Waals surface area contributed by atoms with Gasteiger partial charge in [0.05, 0.1) is 6.42 Å². The molecule has 3 heterocycles. The molecule has 31 heavy (non-hydrogen) atoms. The maximum atomic E-state index is 13.0. The van der Waals surface area contributed by atoms with Gasteiger partial charge in [0, 0.05) is 36.5 Å². The molecule has 0 N–H and O–H groups in total. The lowest BCUT2D eigenvalue weighted by molar-refractivity contribution is -0.132. The van der Waals surface area contributed by atoms with E-state index in [4.69, 9.17) is 9.51 Å². The van der Waals surface area contributed by atoms with Crippen LogP contribution in [0.4, 0.5) is 0 Å². The van der Waals surface area contributed by atoms with Crippen molar-refractivity contribution in [2.24, 2.45) is 5.92 Å². The van der Waals surface area contributed by atoms with Crippen molar-refractivity contribution < 1.29 is 9.32 Å². The average molecular weight is 417 g/mol. The molecule has 2 aromatic heterocycles. The van der Waals surface area contributed by atoms with E-state index in [1.807, 2.05) is 29.2 Å². The van der Waals surface area contributed by atoms with Crippen molar-refractivity contribution in [2.45, 2.75) is 50.9 Å². The topological polar surface area (TPSA) is 72.1 Å². The summed E-state index contributed by atoms with van der Waals surface area (Å²) in [6.45, 7) is 3.56. The molecule has 2 aliphatic rings. The summed E-state index contributed by atoms with van der Waals surface area (Å²) in [6.07, 6.45) is 9.37. The molecule has 0 spiro atoms. The SMILES string of the molecule is Cc1ccccc1CC(=O)N1CCC(CC2CC2)(c2noc(-c3ccncc3)n2)CC1. The summed E-state index contributed by atoms with van der Waals surface area (Å²) in [5.41, 5.74) is 3.07. The van der Waals surface area contributed by atoms with Crippen molar-refractivity contribution in [3.05, 3.63) is 65.7 Å². The number of likely N-dealkylation sites (tertiary alicyclic amines) is 1. The Kier molecular flexibility index (Phi) is 5.30. The van der Waals surface area contributed by atoms with Gasteiger partial charge in [-0.25, -0.2) is 0 Å². The lowest BCUT2D eigenvalue weighted by Gasteiger charge is -2.40. The summed E-state index contributed by atoms with van der Waals surface area (Å²) in [4.78, 5) is 23.8. The van der Waals surface area contributed by atoms with Gasteiger partial charge in [-0.1, -0.05) is 42.3 Å². The van der Waals surface area contributed by atoms with Gasteiger partial charge in [-0.05, 0) is 55.4 Å². The fourth-order valence-corrected chi connectivity index (χ4v) is 4.71. The number of aryl methyl sites for hydroxylation is 1. The monoisotopic (exact) mass is 416 g/mol. The minimum absolute atomic E-state index is 0.102. The second-order valence-electron chi connectivity index (χ2n) is 9.07. The van der Waals surface area contributed by atoms with Gasteiger partial charge in [-0.15, -0.1) is 0 Å². The molecule has 1 aromatic carbocycles. The highest BCUT2D eigenvalue weighted by Gasteiger charge is 2.44. The molecule has 1 aliphatic heterocycles. The van der Waals surface area contributed by atoms with Gasteiger partial charge in [-0.2, -0.15) is 4.98 Å². The number of pyridine rings is 1. The molecule has 1 amide bonds. The number of amides is 1. The zero-order valence-electron chi connectivity index (χ0n) is 18.0. The Morgan fingerprint density at radius 1 is 1.13 bits per heavy atom. The predicted octanol–water partition coefficient (Wildman–Crippen LogP) is 4.34. The Labute approximate surface area is 182 Å². The van der Waals surface area contributed by atoms with Gasteiger partial charge in [0.15, 0.2) is 5.82 Å². The van der Waals surface area contributed by atoms with E-state index in [2.05, 4.69) is 29.2 Å². The number of piperidine rings is 1. The third-order valence-electron chi connectivity index (χ3n) is 6.88. The van der Waals surface area contributed by atoms with Crippen molar-refractivity contribution in [1.82, 2.24) is 20.0 Å². The van der Waals surface area contributed by atoms with Crippen LogP contribution >= 0.6 is 0 Å². The highest BCUT2D eigenvalue weighted by atomic mass is 16.5. The molecule has 1 saturated carbocycles. The van der Waals surface area contributed by atoms with E-state index in [-0.39, 0.29) is 11.3 Å². The summed E-state index contributed by atoms with van der Waals surface area (Å²) < 4.78 is 5.63. The van der Waals surface area contributed by atoms with Gasteiger partial charge in [0.25, 0.3) is 5.89 Å². The number of rotatable bonds is 6. The van der Waals surface area contributed by atoms with E-state index >= 15 is 0 Å². The number of carbonyl (C=O) groups excluding carboxylic acids is 1. The number of hydrogen-bond donors (Lipinski definition) is 0. The van der Waals surface area contributed by atoms with Crippen LogP contribution in [0.2, 0.25) is 0 Å². The molecule has 6 heteroatoms. The summed E-state index contributed by atoms with van der Waals surface area (Å²) >= 11 is 0. The fraction of sp³-hybridized carbons (Fsp3) is 0.440. The number of nitrogens with zero attached hydrogens (tertiary/aromatic N) is 4. The Morgan fingerprint density at radius 3 is 2.58 bits per heavy atom. The van der Waals surface area contributed by atoms with Crippen molar-refractivity contribution in [1.29, 1.82) is 0 Å². The second kappa shape index (κ2) is 8.25. The van der Waals surface area contributed by atoms with Crippen molar-refractivity contribution >= 4 is 5.91 Å². The van der Waals surface area contributed by atoms with Gasteiger partial charge >= 0.3 is 0 Å².